The zero-order valence-corrected chi connectivity index (χ0v) is 7.22. The van der Waals surface area contributed by atoms with E-state index in [1.165, 1.54) is 6.92 Å². The Morgan fingerprint density at radius 1 is 1.50 bits per heavy atom. The largest absolute Gasteiger partial charge is 0.390 e. The number of carbonyl (C=O) groups is 1. The fourth-order valence-electron chi connectivity index (χ4n) is 0.407. The van der Waals surface area contributed by atoms with E-state index >= 15 is 0 Å². The number of nitrogens with zero attached hydrogens (tertiary/aromatic N) is 1. The molecular formula is C7H17NO2. The smallest absolute Gasteiger partial charge is 0.310 e. The van der Waals surface area contributed by atoms with Gasteiger partial charge in [-0.05, 0) is 0 Å². The lowest BCUT2D eigenvalue weighted by Crippen LogP contribution is -2.45. The first-order chi connectivity index (χ1) is 4.00. The zero-order chi connectivity index (χ0) is 7.49. The molecule has 62 valence electrons. The molecule has 1 N–H and O–H groups in total. The summed E-state index contributed by atoms with van der Waals surface area (Å²) in [6.07, 6.45) is 0. The van der Waals surface area contributed by atoms with Crippen LogP contribution in [-0.2, 0) is 4.79 Å². The van der Waals surface area contributed by atoms with Gasteiger partial charge < -0.3 is 12.5 Å². The van der Waals surface area contributed by atoms with Crippen LogP contribution < -0.4 is 0 Å². The molecule has 0 radical (unpaired) electrons. The van der Waals surface area contributed by atoms with Gasteiger partial charge in [-0.25, -0.2) is 4.79 Å². The van der Waals surface area contributed by atoms with E-state index in [1.54, 1.807) is 14.1 Å². The van der Waals surface area contributed by atoms with Crippen LogP contribution in [0.25, 0.3) is 0 Å². The van der Waals surface area contributed by atoms with E-state index < -0.39 is 0 Å². The Morgan fingerprint density at radius 3 is 2.00 bits per heavy atom. The Bertz CT molecular complexity index is 110. The normalized spacial score (nSPS) is 10.4. The first kappa shape index (κ1) is 12.3. The molecule has 3 heteroatoms. The average Bonchev–Trinajstić information content (AvgIpc) is 1.65. The molecule has 0 heterocycles. The van der Waals surface area contributed by atoms with Crippen molar-refractivity contribution in [2.75, 3.05) is 27.2 Å². The summed E-state index contributed by atoms with van der Waals surface area (Å²) in [5, 5.41) is 8.48. The maximum Gasteiger partial charge on any atom is 0.310 e. The second-order valence-corrected chi connectivity index (χ2v) is 2.65. The lowest BCUT2D eigenvalue weighted by Gasteiger charge is -2.23. The van der Waals surface area contributed by atoms with E-state index in [0.717, 1.165) is 0 Å². The van der Waals surface area contributed by atoms with Gasteiger partial charge in [0.15, 0.2) is 0 Å². The Labute approximate surface area is 62.9 Å². The van der Waals surface area contributed by atoms with Gasteiger partial charge in [-0.1, -0.05) is 0 Å². The highest BCUT2D eigenvalue weighted by Gasteiger charge is 2.19. The monoisotopic (exact) mass is 147 g/mol. The van der Waals surface area contributed by atoms with E-state index in [4.69, 9.17) is 5.11 Å². The van der Waals surface area contributed by atoms with Crippen LogP contribution in [0.15, 0.2) is 0 Å². The molecule has 0 aromatic rings. The SMILES string of the molecule is CC(=O)[N+](C)(C)CCO.[CH3-]. The number of likely N-dealkylation sites (N-methyl/N-ethyl adjacent to an activating group) is 1. The Balaban J connectivity index is 0. The van der Waals surface area contributed by atoms with Crippen LogP contribution in [0.3, 0.4) is 0 Å². The minimum absolute atomic E-state index is 0. The lowest BCUT2D eigenvalue weighted by molar-refractivity contribution is -0.813. The first-order valence-corrected chi connectivity index (χ1v) is 2.95. The van der Waals surface area contributed by atoms with Crippen LogP contribution in [0.5, 0.6) is 0 Å². The Morgan fingerprint density at radius 2 is 1.90 bits per heavy atom. The van der Waals surface area contributed by atoms with E-state index in [2.05, 4.69) is 0 Å². The molecule has 0 fully saturated rings. The van der Waals surface area contributed by atoms with Crippen LogP contribution in [0.1, 0.15) is 6.92 Å². The van der Waals surface area contributed by atoms with Crippen molar-refractivity contribution in [1.82, 2.24) is 0 Å². The molecule has 0 aliphatic heterocycles. The predicted molar refractivity (Wildman–Crippen MR) is 41.2 cm³/mol. The van der Waals surface area contributed by atoms with Crippen molar-refractivity contribution >= 4 is 5.91 Å². The molecule has 0 aliphatic rings. The van der Waals surface area contributed by atoms with Gasteiger partial charge in [-0.2, -0.15) is 0 Å². The predicted octanol–water partition coefficient (Wildman–Crippen LogP) is 0.0519. The summed E-state index contributed by atoms with van der Waals surface area (Å²) < 4.78 is 0.260. The van der Waals surface area contributed by atoms with Gasteiger partial charge in [-0.15, -0.1) is 0 Å². The highest BCUT2D eigenvalue weighted by molar-refractivity contribution is 5.65. The average molecular weight is 147 g/mol. The topological polar surface area (TPSA) is 37.3 Å². The number of carbonyl (C=O) groups excluding carboxylic acids is 1. The van der Waals surface area contributed by atoms with Gasteiger partial charge in [0.1, 0.15) is 6.54 Å². The molecule has 0 aliphatic carbocycles. The molecule has 0 unspecified atom stereocenters. The van der Waals surface area contributed by atoms with Crippen molar-refractivity contribution in [3.05, 3.63) is 7.43 Å². The van der Waals surface area contributed by atoms with E-state index in [9.17, 15) is 4.79 Å². The first-order valence-electron chi connectivity index (χ1n) is 2.95. The molecule has 10 heavy (non-hydrogen) atoms. The molecule has 0 saturated carbocycles. The van der Waals surface area contributed by atoms with Gasteiger partial charge in [0.2, 0.25) is 0 Å². The van der Waals surface area contributed by atoms with Crippen molar-refractivity contribution in [2.24, 2.45) is 0 Å². The van der Waals surface area contributed by atoms with E-state index in [0.29, 0.717) is 6.54 Å². The second kappa shape index (κ2) is 4.41. The second-order valence-electron chi connectivity index (χ2n) is 2.65. The van der Waals surface area contributed by atoms with E-state index in [1.807, 2.05) is 0 Å². The number of aliphatic hydroxyl groups excluding tert-OH is 1. The summed E-state index contributed by atoms with van der Waals surface area (Å²) in [7, 11) is 3.55. The third kappa shape index (κ3) is 3.58. The molecule has 0 atom stereocenters. The highest BCUT2D eigenvalue weighted by atomic mass is 16.3. The molecule has 0 aromatic heterocycles. The summed E-state index contributed by atoms with van der Waals surface area (Å²) in [6, 6.07) is 0. The van der Waals surface area contributed by atoms with Gasteiger partial charge in [0, 0.05) is 0 Å². The van der Waals surface area contributed by atoms with Crippen molar-refractivity contribution < 1.29 is 14.4 Å². The summed E-state index contributed by atoms with van der Waals surface area (Å²) in [5.74, 6) is 0.0732. The number of hydrogen-bond donors (Lipinski definition) is 1. The quantitative estimate of drug-likeness (QED) is 0.442. The summed E-state index contributed by atoms with van der Waals surface area (Å²) in [6.45, 7) is 2.08. The number of aliphatic hydroxyl groups is 1. The standard InChI is InChI=1S/C6H14NO2.CH3/c1-6(9)7(2,3)4-5-8;/h8H,4-5H2,1-3H3;1H3/q+1;-1. The molecule has 0 spiro atoms. The minimum Gasteiger partial charge on any atom is -0.390 e. The van der Waals surface area contributed by atoms with Crippen molar-refractivity contribution in [3.63, 3.8) is 0 Å². The van der Waals surface area contributed by atoms with Crippen molar-refractivity contribution in [2.45, 2.75) is 6.92 Å². The summed E-state index contributed by atoms with van der Waals surface area (Å²) in [4.78, 5) is 10.7. The minimum atomic E-state index is 0. The van der Waals surface area contributed by atoms with Gasteiger partial charge in [0.25, 0.3) is 0 Å². The molecule has 3 nitrogen and oxygen atoms in total. The molecular weight excluding hydrogens is 130 g/mol. The fraction of sp³-hybridized carbons (Fsp3) is 0.714. The van der Waals surface area contributed by atoms with Crippen LogP contribution in [-0.4, -0.2) is 42.7 Å². The molecule has 1 amide bonds. The van der Waals surface area contributed by atoms with Crippen LogP contribution in [0.2, 0.25) is 0 Å². The van der Waals surface area contributed by atoms with Crippen LogP contribution in [0, 0.1) is 7.43 Å². The lowest BCUT2D eigenvalue weighted by atomic mass is 10.4. The van der Waals surface area contributed by atoms with Gasteiger partial charge >= 0.3 is 5.91 Å². The summed E-state index contributed by atoms with van der Waals surface area (Å²) in [5.41, 5.74) is 0. The maximum absolute atomic E-state index is 10.7. The van der Waals surface area contributed by atoms with Gasteiger partial charge in [0.05, 0.1) is 27.6 Å². The summed E-state index contributed by atoms with van der Waals surface area (Å²) >= 11 is 0. The molecule has 0 bridgehead atoms. The Kier molecular flexibility index (Phi) is 5.42. The Hall–Kier alpha value is -0.410. The molecule has 0 rings (SSSR count). The van der Waals surface area contributed by atoms with E-state index in [-0.39, 0.29) is 24.4 Å². The highest BCUT2D eigenvalue weighted by Crippen LogP contribution is 1.94. The van der Waals surface area contributed by atoms with Crippen LogP contribution >= 0.6 is 0 Å². The van der Waals surface area contributed by atoms with Crippen molar-refractivity contribution in [3.8, 4) is 0 Å². The number of quaternary nitrogens is 1. The maximum atomic E-state index is 10.7. The zero-order valence-electron chi connectivity index (χ0n) is 7.22. The fourth-order valence-corrected chi connectivity index (χ4v) is 0.407. The molecule has 0 saturated heterocycles. The van der Waals surface area contributed by atoms with Crippen LogP contribution in [0.4, 0.5) is 0 Å². The molecule has 0 aromatic carbocycles. The van der Waals surface area contributed by atoms with Gasteiger partial charge in [-0.3, -0.25) is 4.48 Å². The third-order valence-corrected chi connectivity index (χ3v) is 1.51. The number of hydrogen-bond acceptors (Lipinski definition) is 2. The third-order valence-electron chi connectivity index (χ3n) is 1.51. The number of rotatable bonds is 2. The van der Waals surface area contributed by atoms with Crippen molar-refractivity contribution in [1.29, 1.82) is 0 Å². The number of amides is 1.